The lowest BCUT2D eigenvalue weighted by molar-refractivity contribution is -0.115. The van der Waals surface area contributed by atoms with E-state index < -0.39 is 0 Å². The van der Waals surface area contributed by atoms with Crippen LogP contribution in [-0.4, -0.2) is 35.7 Å². The molecule has 29 heavy (non-hydrogen) atoms. The molecular weight excluding hydrogens is 432 g/mol. The number of nitrogens with one attached hydrogen (secondary N) is 2. The maximum absolute atomic E-state index is 11.0. The zero-order valence-corrected chi connectivity index (χ0v) is 18.9. The van der Waals surface area contributed by atoms with Gasteiger partial charge in [0.15, 0.2) is 0 Å². The predicted molar refractivity (Wildman–Crippen MR) is 120 cm³/mol. The van der Waals surface area contributed by atoms with Gasteiger partial charge in [-0.25, -0.2) is 0 Å². The Morgan fingerprint density at radius 2 is 1.34 bits per heavy atom. The molecule has 2 N–H and O–H groups in total. The van der Waals surface area contributed by atoms with E-state index >= 15 is 0 Å². The van der Waals surface area contributed by atoms with Crippen molar-refractivity contribution in [1.82, 2.24) is 9.80 Å². The molecule has 0 aromatic heterocycles. The Kier molecular flexibility index (Phi) is 6.72. The Morgan fingerprint density at radius 1 is 0.793 bits per heavy atom. The molecule has 0 atom stereocenters. The van der Waals surface area contributed by atoms with Crippen LogP contribution < -0.4 is 10.6 Å². The summed E-state index contributed by atoms with van der Waals surface area (Å²) in [4.78, 5) is 26.5. The number of rotatable bonds is 2. The first-order valence-electron chi connectivity index (χ1n) is 9.58. The lowest BCUT2D eigenvalue weighted by atomic mass is 10.1. The number of benzene rings is 2. The zero-order chi connectivity index (χ0) is 21.1. The van der Waals surface area contributed by atoms with Crippen molar-refractivity contribution in [1.29, 1.82) is 0 Å². The summed E-state index contributed by atoms with van der Waals surface area (Å²) in [6.45, 7) is 6.80. The van der Waals surface area contributed by atoms with Crippen molar-refractivity contribution < 1.29 is 9.59 Å². The van der Waals surface area contributed by atoms with E-state index in [1.54, 1.807) is 0 Å². The summed E-state index contributed by atoms with van der Waals surface area (Å²) < 4.78 is 1.12. The van der Waals surface area contributed by atoms with Crippen molar-refractivity contribution in [3.8, 4) is 0 Å². The van der Waals surface area contributed by atoms with Crippen molar-refractivity contribution in [3.05, 3.63) is 57.1 Å². The third-order valence-corrected chi connectivity index (χ3v) is 5.74. The van der Waals surface area contributed by atoms with Crippen molar-refractivity contribution in [2.24, 2.45) is 0 Å². The molecule has 2 aliphatic rings. The van der Waals surface area contributed by atoms with Gasteiger partial charge in [-0.05, 0) is 54.5 Å². The van der Waals surface area contributed by atoms with Crippen molar-refractivity contribution in [3.63, 3.8) is 0 Å². The van der Waals surface area contributed by atoms with Gasteiger partial charge in [-0.3, -0.25) is 19.4 Å². The summed E-state index contributed by atoms with van der Waals surface area (Å²) in [6.07, 6.45) is 0. The van der Waals surface area contributed by atoms with Crippen molar-refractivity contribution in [2.45, 2.75) is 40.0 Å². The van der Waals surface area contributed by atoms with E-state index in [0.717, 1.165) is 42.0 Å². The second kappa shape index (κ2) is 9.07. The van der Waals surface area contributed by atoms with Gasteiger partial charge in [0.25, 0.3) is 0 Å². The Balaban J connectivity index is 0.000000166. The molecule has 2 aromatic rings. The minimum absolute atomic E-state index is 0.00652. The van der Waals surface area contributed by atoms with Gasteiger partial charge in [0, 0.05) is 55.9 Å². The van der Waals surface area contributed by atoms with Gasteiger partial charge in [0.05, 0.1) is 0 Å². The molecule has 0 saturated heterocycles. The minimum atomic E-state index is -0.0194. The average Bonchev–Trinajstić information content (AvgIpc) is 3.20. The molecule has 0 fully saturated rings. The Labute approximate surface area is 180 Å². The van der Waals surface area contributed by atoms with Gasteiger partial charge >= 0.3 is 0 Å². The number of anilines is 2. The number of hydrogen-bond acceptors (Lipinski definition) is 4. The molecule has 6 nitrogen and oxygen atoms in total. The molecule has 0 unspecified atom stereocenters. The van der Waals surface area contributed by atoms with Crippen molar-refractivity contribution in [2.75, 3.05) is 24.7 Å². The maximum atomic E-state index is 11.0. The van der Waals surface area contributed by atoms with E-state index in [2.05, 4.69) is 56.5 Å². The fraction of sp³-hybridized carbons (Fsp3) is 0.364. The lowest BCUT2D eigenvalue weighted by Gasteiger charge is -2.09. The third kappa shape index (κ3) is 5.23. The van der Waals surface area contributed by atoms with Crippen LogP contribution in [0, 0.1) is 0 Å². The molecule has 2 amide bonds. The number of halogens is 1. The molecule has 2 heterocycles. The highest BCUT2D eigenvalue weighted by molar-refractivity contribution is 9.10. The van der Waals surface area contributed by atoms with Crippen LogP contribution >= 0.6 is 15.9 Å². The van der Waals surface area contributed by atoms with E-state index in [0.29, 0.717) is 0 Å². The number of hydrogen-bond donors (Lipinski definition) is 2. The average molecular weight is 459 g/mol. The topological polar surface area (TPSA) is 64.7 Å². The van der Waals surface area contributed by atoms with E-state index in [1.807, 2.05) is 24.3 Å². The smallest absolute Gasteiger partial charge is 0.221 e. The quantitative estimate of drug-likeness (QED) is 0.714. The van der Waals surface area contributed by atoms with Crippen LogP contribution in [0.2, 0.25) is 0 Å². The van der Waals surface area contributed by atoms with Crippen LogP contribution in [0.1, 0.15) is 36.1 Å². The van der Waals surface area contributed by atoms with E-state index in [1.165, 1.54) is 36.1 Å². The number of fused-ring (bicyclic) bond motifs is 2. The fourth-order valence-electron chi connectivity index (χ4n) is 3.81. The molecule has 7 heteroatoms. The summed E-state index contributed by atoms with van der Waals surface area (Å²) in [5, 5.41) is 5.73. The summed E-state index contributed by atoms with van der Waals surface area (Å²) >= 11 is 3.54. The maximum Gasteiger partial charge on any atom is 0.221 e. The van der Waals surface area contributed by atoms with Crippen LogP contribution in [0.15, 0.2) is 34.8 Å². The standard InChI is InChI=1S/C11H13BrN2O.C11H14N2O/c1-7(15)13-11-4-3-10(12)8-5-14(2)6-9(8)11;1-8(14)12-11-5-3-4-9-6-13(2)7-10(9)11/h3-4H,5-6H2,1-2H3,(H,13,15);3-5H,6-7H2,1-2H3,(H,12,14). The third-order valence-electron chi connectivity index (χ3n) is 4.99. The molecule has 2 aromatic carbocycles. The first-order valence-corrected chi connectivity index (χ1v) is 10.4. The molecular formula is C22H27BrN4O2. The van der Waals surface area contributed by atoms with Crippen LogP contribution in [0.3, 0.4) is 0 Å². The summed E-state index contributed by atoms with van der Waals surface area (Å²) in [6, 6.07) is 10.00. The molecule has 0 aliphatic carbocycles. The van der Waals surface area contributed by atoms with E-state index in [4.69, 9.17) is 0 Å². The molecule has 154 valence electrons. The highest BCUT2D eigenvalue weighted by atomic mass is 79.9. The summed E-state index contributed by atoms with van der Waals surface area (Å²) in [7, 11) is 4.15. The molecule has 4 rings (SSSR count). The normalized spacial score (nSPS) is 15.2. The zero-order valence-electron chi connectivity index (χ0n) is 17.3. The van der Waals surface area contributed by atoms with Gasteiger partial charge in [-0.15, -0.1) is 0 Å². The number of amides is 2. The first kappa shape index (κ1) is 21.5. The lowest BCUT2D eigenvalue weighted by Crippen LogP contribution is -2.10. The van der Waals surface area contributed by atoms with Gasteiger partial charge < -0.3 is 10.6 Å². The Morgan fingerprint density at radius 3 is 2.00 bits per heavy atom. The molecule has 2 aliphatic heterocycles. The summed E-state index contributed by atoms with van der Waals surface area (Å²) in [5.74, 6) is -0.0259. The number of carbonyl (C=O) groups is 2. The van der Waals surface area contributed by atoms with Crippen molar-refractivity contribution >= 4 is 39.1 Å². The van der Waals surface area contributed by atoms with Gasteiger partial charge in [0.1, 0.15) is 0 Å². The minimum Gasteiger partial charge on any atom is -0.326 e. The van der Waals surface area contributed by atoms with Gasteiger partial charge in [0.2, 0.25) is 11.8 Å². The number of nitrogens with zero attached hydrogens (tertiary/aromatic N) is 2. The number of carbonyl (C=O) groups excluding carboxylic acids is 2. The van der Waals surface area contributed by atoms with E-state index in [9.17, 15) is 9.59 Å². The Bertz CT molecular complexity index is 945. The van der Waals surface area contributed by atoms with Crippen LogP contribution in [-0.2, 0) is 35.8 Å². The molecule has 0 radical (unpaired) electrons. The monoisotopic (exact) mass is 458 g/mol. The Hall–Kier alpha value is -2.22. The summed E-state index contributed by atoms with van der Waals surface area (Å²) in [5.41, 5.74) is 6.97. The molecule has 0 bridgehead atoms. The van der Waals surface area contributed by atoms with Crippen LogP contribution in [0.4, 0.5) is 11.4 Å². The van der Waals surface area contributed by atoms with Crippen LogP contribution in [0.5, 0.6) is 0 Å². The SMILES string of the molecule is CC(=O)Nc1ccc(Br)c2c1CN(C)C2.CC(=O)Nc1cccc2c1CN(C)C2. The second-order valence-corrected chi connectivity index (χ2v) is 8.56. The predicted octanol–water partition coefficient (Wildman–Crippen LogP) is 3.94. The van der Waals surface area contributed by atoms with Gasteiger partial charge in [-0.2, -0.15) is 0 Å². The van der Waals surface area contributed by atoms with Gasteiger partial charge in [-0.1, -0.05) is 28.1 Å². The highest BCUT2D eigenvalue weighted by Gasteiger charge is 2.21. The molecule has 0 saturated carbocycles. The first-order chi connectivity index (χ1) is 13.7. The fourth-order valence-corrected chi connectivity index (χ4v) is 4.31. The molecule has 0 spiro atoms. The highest BCUT2D eigenvalue weighted by Crippen LogP contribution is 2.34. The van der Waals surface area contributed by atoms with Crippen LogP contribution in [0.25, 0.3) is 0 Å². The second-order valence-electron chi connectivity index (χ2n) is 7.70. The van der Waals surface area contributed by atoms with E-state index in [-0.39, 0.29) is 11.8 Å². The largest absolute Gasteiger partial charge is 0.326 e.